The van der Waals surface area contributed by atoms with Gasteiger partial charge in [-0.2, -0.15) is 0 Å². The number of pyridine rings is 2. The van der Waals surface area contributed by atoms with E-state index in [-0.39, 0.29) is 32.2 Å². The summed E-state index contributed by atoms with van der Waals surface area (Å²) in [5.74, 6) is 1.02. The number of aromatic hydroxyl groups is 1. The maximum atomic E-state index is 10.6. The summed E-state index contributed by atoms with van der Waals surface area (Å²) < 4.78 is 0. The third-order valence-corrected chi connectivity index (χ3v) is 8.88. The Morgan fingerprint density at radius 1 is 0.773 bits per heavy atom. The Hall–Kier alpha value is -4.27. The number of rotatable bonds is 3. The molecular formula is C39H34N3OPt-. The molecule has 1 aliphatic heterocycles. The van der Waals surface area contributed by atoms with Crippen LogP contribution in [0.15, 0.2) is 91.1 Å². The fraction of sp³-hybridized carbons (Fsp3) is 0.179. The molecule has 0 aliphatic carbocycles. The number of hydrogen-bond acceptors (Lipinski definition) is 4. The van der Waals surface area contributed by atoms with Crippen molar-refractivity contribution in [2.24, 2.45) is 0 Å². The zero-order chi connectivity index (χ0) is 30.0. The van der Waals surface area contributed by atoms with Gasteiger partial charge in [-0.1, -0.05) is 73.5 Å². The number of para-hydroxylation sites is 2. The van der Waals surface area contributed by atoms with Crippen LogP contribution >= 0.6 is 0 Å². The summed E-state index contributed by atoms with van der Waals surface area (Å²) in [7, 11) is 0. The van der Waals surface area contributed by atoms with E-state index in [0.717, 1.165) is 45.0 Å². The van der Waals surface area contributed by atoms with Crippen LogP contribution in [-0.4, -0.2) is 15.1 Å². The summed E-state index contributed by atoms with van der Waals surface area (Å²) in [5.41, 5.74) is 13.7. The monoisotopic (exact) mass is 755 g/mol. The number of phenols is 1. The molecule has 7 rings (SSSR count). The van der Waals surface area contributed by atoms with Crippen LogP contribution in [0.2, 0.25) is 0 Å². The minimum atomic E-state index is -0.246. The molecular weight excluding hydrogens is 722 g/mol. The van der Waals surface area contributed by atoms with Gasteiger partial charge in [0, 0.05) is 38.3 Å². The number of hydrogen-bond donors (Lipinski definition) is 1. The Morgan fingerprint density at radius 3 is 2.30 bits per heavy atom. The largest absolute Gasteiger partial charge is 0.506 e. The first kappa shape index (κ1) is 29.8. The summed E-state index contributed by atoms with van der Waals surface area (Å²) >= 11 is 0. The molecule has 1 N–H and O–H groups in total. The molecule has 3 heterocycles. The van der Waals surface area contributed by atoms with Crippen molar-refractivity contribution in [3.63, 3.8) is 0 Å². The van der Waals surface area contributed by atoms with Gasteiger partial charge in [-0.25, -0.2) is 4.98 Å². The summed E-state index contributed by atoms with van der Waals surface area (Å²) in [6.45, 7) is 13.1. The van der Waals surface area contributed by atoms with E-state index in [2.05, 4.69) is 119 Å². The predicted molar refractivity (Wildman–Crippen MR) is 177 cm³/mol. The van der Waals surface area contributed by atoms with Gasteiger partial charge < -0.3 is 10.0 Å². The molecule has 0 saturated heterocycles. The van der Waals surface area contributed by atoms with Gasteiger partial charge in [0.25, 0.3) is 0 Å². The van der Waals surface area contributed by atoms with E-state index in [4.69, 9.17) is 9.97 Å². The second kappa shape index (κ2) is 11.0. The van der Waals surface area contributed by atoms with Crippen molar-refractivity contribution in [1.82, 2.24) is 9.97 Å². The predicted octanol–water partition coefficient (Wildman–Crippen LogP) is 9.81. The molecule has 0 atom stereocenters. The molecule has 0 saturated carbocycles. The number of anilines is 3. The van der Waals surface area contributed by atoms with Crippen LogP contribution in [0.3, 0.4) is 0 Å². The first-order chi connectivity index (χ1) is 20.6. The molecule has 2 aromatic heterocycles. The van der Waals surface area contributed by atoms with Crippen molar-refractivity contribution >= 4 is 28.1 Å². The van der Waals surface area contributed by atoms with E-state index < -0.39 is 0 Å². The van der Waals surface area contributed by atoms with Crippen LogP contribution in [0.1, 0.15) is 47.2 Å². The molecule has 0 amide bonds. The van der Waals surface area contributed by atoms with Crippen molar-refractivity contribution in [2.75, 3.05) is 4.90 Å². The molecule has 0 spiro atoms. The summed E-state index contributed by atoms with van der Waals surface area (Å²) in [5, 5.41) is 11.6. The van der Waals surface area contributed by atoms with Crippen LogP contribution in [0.25, 0.3) is 33.3 Å². The van der Waals surface area contributed by atoms with E-state index in [1.807, 2.05) is 18.3 Å². The first-order valence-corrected chi connectivity index (χ1v) is 14.7. The molecule has 0 radical (unpaired) electrons. The van der Waals surface area contributed by atoms with Crippen molar-refractivity contribution in [1.29, 1.82) is 0 Å². The number of phenolic OH excluding ortho intramolecular Hbond substituents is 1. The summed E-state index contributed by atoms with van der Waals surface area (Å²) in [6.07, 6.45) is 1.91. The molecule has 1 aliphatic rings. The second-order valence-corrected chi connectivity index (χ2v) is 12.3. The number of benzene rings is 4. The minimum absolute atomic E-state index is 0. The quantitative estimate of drug-likeness (QED) is 0.183. The third kappa shape index (κ3) is 4.73. The van der Waals surface area contributed by atoms with Gasteiger partial charge in [-0.15, -0.1) is 23.8 Å². The molecule has 222 valence electrons. The maximum Gasteiger partial charge on any atom is 0.140 e. The normalized spacial score (nSPS) is 13.3. The zero-order valence-electron chi connectivity index (χ0n) is 25.8. The third-order valence-electron chi connectivity index (χ3n) is 8.88. The number of fused-ring (bicyclic) bond motifs is 3. The average Bonchev–Trinajstić information content (AvgIpc) is 2.97. The number of nitrogens with zero attached hydrogens (tertiary/aromatic N) is 3. The SMILES string of the molecule is Cc1cc(C)c(-c2ccnc(N3c4[c-]c(-c5cc(C)c6cccc(O)c6n5)ccc4C(C)(C)c4ccccc43)c2)c(C)c1.[Pt]. The van der Waals surface area contributed by atoms with Crippen molar-refractivity contribution < 1.29 is 26.2 Å². The molecule has 0 unspecified atom stereocenters. The van der Waals surface area contributed by atoms with Gasteiger partial charge in [-0.3, -0.25) is 4.98 Å². The van der Waals surface area contributed by atoms with Gasteiger partial charge in [0.15, 0.2) is 0 Å². The fourth-order valence-electron chi connectivity index (χ4n) is 6.89. The Bertz CT molecular complexity index is 2060. The second-order valence-electron chi connectivity index (χ2n) is 12.3. The van der Waals surface area contributed by atoms with E-state index >= 15 is 0 Å². The van der Waals surface area contributed by atoms with Gasteiger partial charge in [0.05, 0.1) is 0 Å². The molecule has 6 aromatic rings. The standard InChI is InChI=1S/C39H34N3O.Pt/c1-23-18-25(3)37(26(4)19-23)28-16-17-40-36(22-28)42-33-12-8-7-11-30(33)39(5,6)31-15-14-27(21-34(31)42)32-20-24(2)29-10-9-13-35(43)38(29)41-32;/h7-20,22,43H,1-6H3;/q-1;. The van der Waals surface area contributed by atoms with E-state index in [9.17, 15) is 5.11 Å². The maximum absolute atomic E-state index is 10.6. The van der Waals surface area contributed by atoms with Gasteiger partial charge in [-0.05, 0) is 102 Å². The van der Waals surface area contributed by atoms with Crippen molar-refractivity contribution in [3.05, 3.63) is 131 Å². The summed E-state index contributed by atoms with van der Waals surface area (Å²) in [6, 6.07) is 33.1. The molecule has 5 heteroatoms. The topological polar surface area (TPSA) is 49.2 Å². The Morgan fingerprint density at radius 2 is 1.52 bits per heavy atom. The number of aromatic nitrogens is 2. The zero-order valence-corrected chi connectivity index (χ0v) is 28.0. The van der Waals surface area contributed by atoms with E-state index in [1.165, 1.54) is 33.4 Å². The van der Waals surface area contributed by atoms with Gasteiger partial charge >= 0.3 is 0 Å². The van der Waals surface area contributed by atoms with Crippen LogP contribution in [0, 0.1) is 33.8 Å². The Balaban J connectivity index is 0.00000343. The first-order valence-electron chi connectivity index (χ1n) is 14.7. The Kier molecular flexibility index (Phi) is 7.46. The fourth-order valence-corrected chi connectivity index (χ4v) is 6.89. The Labute approximate surface area is 273 Å². The van der Waals surface area contributed by atoms with Crippen LogP contribution in [-0.2, 0) is 26.5 Å². The van der Waals surface area contributed by atoms with Gasteiger partial charge in [0.2, 0.25) is 0 Å². The molecule has 44 heavy (non-hydrogen) atoms. The minimum Gasteiger partial charge on any atom is -0.506 e. The van der Waals surface area contributed by atoms with Crippen LogP contribution < -0.4 is 4.90 Å². The molecule has 0 fully saturated rings. The summed E-state index contributed by atoms with van der Waals surface area (Å²) in [4.78, 5) is 12.1. The van der Waals surface area contributed by atoms with Gasteiger partial charge in [0.1, 0.15) is 17.1 Å². The molecule has 0 bridgehead atoms. The van der Waals surface area contributed by atoms with Crippen LogP contribution in [0.5, 0.6) is 5.75 Å². The van der Waals surface area contributed by atoms with E-state index in [1.54, 1.807) is 6.07 Å². The van der Waals surface area contributed by atoms with Crippen molar-refractivity contribution in [3.8, 4) is 28.1 Å². The van der Waals surface area contributed by atoms with Crippen molar-refractivity contribution in [2.45, 2.75) is 47.0 Å². The number of aryl methyl sites for hydroxylation is 4. The molecule has 4 aromatic carbocycles. The average molecular weight is 756 g/mol. The van der Waals surface area contributed by atoms with Crippen LogP contribution in [0.4, 0.5) is 17.2 Å². The smallest absolute Gasteiger partial charge is 0.140 e. The molecule has 4 nitrogen and oxygen atoms in total. The van der Waals surface area contributed by atoms with E-state index in [0.29, 0.717) is 5.52 Å².